The summed E-state index contributed by atoms with van der Waals surface area (Å²) in [6.45, 7) is 7.41. The quantitative estimate of drug-likeness (QED) is 0.768. The van der Waals surface area contributed by atoms with Gasteiger partial charge in [0.2, 0.25) is 0 Å². The molecule has 1 aromatic rings. The van der Waals surface area contributed by atoms with Crippen LogP contribution in [0.25, 0.3) is 0 Å². The normalized spacial score (nSPS) is 15.8. The van der Waals surface area contributed by atoms with Crippen LogP contribution < -0.4 is 9.47 Å². The van der Waals surface area contributed by atoms with Crippen molar-refractivity contribution in [1.82, 2.24) is 9.88 Å². The van der Waals surface area contributed by atoms with Crippen molar-refractivity contribution in [2.75, 3.05) is 33.4 Å². The number of nitrogens with zero attached hydrogens (tertiary/aromatic N) is 2. The van der Waals surface area contributed by atoms with Crippen LogP contribution in [0.3, 0.4) is 0 Å². The number of amides is 1. The van der Waals surface area contributed by atoms with Crippen molar-refractivity contribution in [2.24, 2.45) is 5.41 Å². The van der Waals surface area contributed by atoms with Gasteiger partial charge < -0.3 is 24.2 Å². The standard InChI is InChI=1S/C18H26N2O6/c1-12(22)15-13(24-5)6-19-7-14(15)25-11-18(10-21)8-20(9-18)16(23)26-17(2,3)4/h6-7,21H,8-11H2,1-5H3. The van der Waals surface area contributed by atoms with Crippen LogP contribution in [0.2, 0.25) is 0 Å². The van der Waals surface area contributed by atoms with Crippen LogP contribution in [0.5, 0.6) is 11.5 Å². The molecule has 26 heavy (non-hydrogen) atoms. The van der Waals surface area contributed by atoms with E-state index >= 15 is 0 Å². The van der Waals surface area contributed by atoms with Crippen LogP contribution in [0.15, 0.2) is 12.4 Å². The van der Waals surface area contributed by atoms with Crippen LogP contribution in [-0.2, 0) is 4.74 Å². The molecule has 2 heterocycles. The zero-order valence-corrected chi connectivity index (χ0v) is 15.9. The monoisotopic (exact) mass is 366 g/mol. The smallest absolute Gasteiger partial charge is 0.410 e. The van der Waals surface area contributed by atoms with E-state index in [-0.39, 0.29) is 19.0 Å². The predicted molar refractivity (Wildman–Crippen MR) is 93.6 cm³/mol. The number of aromatic nitrogens is 1. The highest BCUT2D eigenvalue weighted by Gasteiger charge is 2.47. The van der Waals surface area contributed by atoms with Crippen molar-refractivity contribution < 1.29 is 28.9 Å². The molecule has 1 aliphatic heterocycles. The van der Waals surface area contributed by atoms with Gasteiger partial charge in [-0.15, -0.1) is 0 Å². The molecule has 0 unspecified atom stereocenters. The van der Waals surface area contributed by atoms with Gasteiger partial charge >= 0.3 is 6.09 Å². The van der Waals surface area contributed by atoms with Crippen molar-refractivity contribution in [3.63, 3.8) is 0 Å². The van der Waals surface area contributed by atoms with Crippen molar-refractivity contribution >= 4 is 11.9 Å². The van der Waals surface area contributed by atoms with Crippen molar-refractivity contribution in [2.45, 2.75) is 33.3 Å². The molecule has 0 saturated carbocycles. The Morgan fingerprint density at radius 1 is 1.27 bits per heavy atom. The second-order valence-electron chi connectivity index (χ2n) is 7.55. The van der Waals surface area contributed by atoms with Crippen LogP contribution in [0.4, 0.5) is 4.79 Å². The fourth-order valence-corrected chi connectivity index (χ4v) is 2.72. The highest BCUT2D eigenvalue weighted by Crippen LogP contribution is 2.34. The van der Waals surface area contributed by atoms with Gasteiger partial charge in [-0.25, -0.2) is 4.79 Å². The summed E-state index contributed by atoms with van der Waals surface area (Å²) in [5.41, 5.74) is -0.874. The average Bonchev–Trinajstić information content (AvgIpc) is 2.51. The van der Waals surface area contributed by atoms with Gasteiger partial charge in [0.05, 0.1) is 38.1 Å². The molecule has 0 aromatic carbocycles. The number of pyridine rings is 1. The van der Waals surface area contributed by atoms with Crippen molar-refractivity contribution in [3.8, 4) is 11.5 Å². The molecule has 8 heteroatoms. The fourth-order valence-electron chi connectivity index (χ4n) is 2.72. The minimum absolute atomic E-state index is 0.137. The summed E-state index contributed by atoms with van der Waals surface area (Å²) < 4.78 is 16.2. The lowest BCUT2D eigenvalue weighted by Gasteiger charge is -2.48. The van der Waals surface area contributed by atoms with Gasteiger partial charge in [0.1, 0.15) is 11.2 Å². The number of aliphatic hydroxyl groups is 1. The van der Waals surface area contributed by atoms with Gasteiger partial charge in [-0.3, -0.25) is 9.78 Å². The second-order valence-corrected chi connectivity index (χ2v) is 7.55. The van der Waals surface area contributed by atoms with E-state index in [1.165, 1.54) is 31.3 Å². The largest absolute Gasteiger partial charge is 0.494 e. The summed E-state index contributed by atoms with van der Waals surface area (Å²) in [4.78, 5) is 29.5. The van der Waals surface area contributed by atoms with E-state index < -0.39 is 17.1 Å². The third-order valence-corrected chi connectivity index (χ3v) is 4.02. The molecule has 8 nitrogen and oxygen atoms in total. The first-order chi connectivity index (χ1) is 12.1. The summed E-state index contributed by atoms with van der Waals surface area (Å²) in [6.07, 6.45) is 2.46. The third kappa shape index (κ3) is 4.43. The average molecular weight is 366 g/mol. The van der Waals surface area contributed by atoms with E-state index in [1.54, 1.807) is 20.8 Å². The minimum Gasteiger partial charge on any atom is -0.494 e. The highest BCUT2D eigenvalue weighted by molar-refractivity contribution is 5.99. The van der Waals surface area contributed by atoms with E-state index in [0.29, 0.717) is 30.2 Å². The van der Waals surface area contributed by atoms with Crippen molar-refractivity contribution in [3.05, 3.63) is 18.0 Å². The Hall–Kier alpha value is -2.35. The van der Waals surface area contributed by atoms with Crippen molar-refractivity contribution in [1.29, 1.82) is 0 Å². The van der Waals surface area contributed by atoms with Crippen LogP contribution in [-0.4, -0.2) is 65.9 Å². The van der Waals surface area contributed by atoms with Gasteiger partial charge in [0, 0.05) is 13.1 Å². The Morgan fingerprint density at radius 3 is 2.38 bits per heavy atom. The third-order valence-electron chi connectivity index (χ3n) is 4.02. The molecule has 1 saturated heterocycles. The van der Waals surface area contributed by atoms with Gasteiger partial charge in [-0.1, -0.05) is 0 Å². The molecular weight excluding hydrogens is 340 g/mol. The highest BCUT2D eigenvalue weighted by atomic mass is 16.6. The maximum absolute atomic E-state index is 12.1. The summed E-state index contributed by atoms with van der Waals surface area (Å²) in [7, 11) is 1.45. The van der Waals surface area contributed by atoms with E-state index in [9.17, 15) is 14.7 Å². The first-order valence-electron chi connectivity index (χ1n) is 8.35. The molecule has 1 fully saturated rings. The zero-order valence-electron chi connectivity index (χ0n) is 15.9. The summed E-state index contributed by atoms with van der Waals surface area (Å²) in [5.74, 6) is 0.415. The van der Waals surface area contributed by atoms with Gasteiger partial charge in [0.25, 0.3) is 0 Å². The molecule has 0 bridgehead atoms. The van der Waals surface area contributed by atoms with E-state index in [1.807, 2.05) is 0 Å². The lowest BCUT2D eigenvalue weighted by atomic mass is 9.81. The second kappa shape index (κ2) is 7.49. The van der Waals surface area contributed by atoms with Crippen LogP contribution in [0, 0.1) is 5.41 Å². The Morgan fingerprint density at radius 2 is 1.88 bits per heavy atom. The molecule has 1 aromatic heterocycles. The number of likely N-dealkylation sites (tertiary alicyclic amines) is 1. The van der Waals surface area contributed by atoms with E-state index in [0.717, 1.165) is 0 Å². The molecule has 1 aliphatic rings. The molecule has 1 N–H and O–H groups in total. The Labute approximate surface area is 153 Å². The molecule has 144 valence electrons. The topological polar surface area (TPSA) is 98.2 Å². The van der Waals surface area contributed by atoms with Gasteiger partial charge in [-0.2, -0.15) is 0 Å². The Kier molecular flexibility index (Phi) is 5.75. The number of methoxy groups -OCH3 is 1. The first kappa shape index (κ1) is 20.0. The zero-order chi connectivity index (χ0) is 19.5. The van der Waals surface area contributed by atoms with Gasteiger partial charge in [0.15, 0.2) is 17.3 Å². The maximum atomic E-state index is 12.1. The lowest BCUT2D eigenvalue weighted by molar-refractivity contribution is -0.0743. The maximum Gasteiger partial charge on any atom is 0.410 e. The number of hydrogen-bond acceptors (Lipinski definition) is 7. The molecular formula is C18H26N2O6. The van der Waals surface area contributed by atoms with Gasteiger partial charge in [-0.05, 0) is 27.7 Å². The number of ketones is 1. The number of carbonyl (C=O) groups is 2. The number of hydrogen-bond donors (Lipinski definition) is 1. The number of carbonyl (C=O) groups excluding carboxylic acids is 2. The van der Waals surface area contributed by atoms with E-state index in [4.69, 9.17) is 14.2 Å². The Bertz CT molecular complexity index is 677. The van der Waals surface area contributed by atoms with E-state index in [2.05, 4.69) is 4.98 Å². The molecule has 0 spiro atoms. The first-order valence-corrected chi connectivity index (χ1v) is 8.35. The number of rotatable bonds is 6. The molecule has 2 rings (SSSR count). The number of Topliss-reactive ketones (excluding diaryl/α,β-unsaturated/α-hetero) is 1. The van der Waals surface area contributed by atoms with Crippen LogP contribution >= 0.6 is 0 Å². The molecule has 0 atom stereocenters. The SMILES string of the molecule is COc1cncc(OCC2(CO)CN(C(=O)OC(C)(C)C)C2)c1C(C)=O. The number of ether oxygens (including phenoxy) is 3. The number of aliphatic hydroxyl groups excluding tert-OH is 1. The Balaban J connectivity index is 2.03. The summed E-state index contributed by atoms with van der Waals surface area (Å²) in [6, 6.07) is 0. The lowest BCUT2D eigenvalue weighted by Crippen LogP contribution is -2.63. The van der Waals surface area contributed by atoms with Crippen LogP contribution in [0.1, 0.15) is 38.1 Å². The minimum atomic E-state index is -0.603. The molecule has 1 amide bonds. The molecule has 0 radical (unpaired) electrons. The fraction of sp³-hybridized carbons (Fsp3) is 0.611. The predicted octanol–water partition coefficient (Wildman–Crippen LogP) is 1.90. The summed E-state index contributed by atoms with van der Waals surface area (Å²) >= 11 is 0. The molecule has 0 aliphatic carbocycles. The summed E-state index contributed by atoms with van der Waals surface area (Å²) in [5, 5.41) is 9.76.